The first-order chi connectivity index (χ1) is 11.4. The lowest BCUT2D eigenvalue weighted by atomic mass is 10.1. The molecule has 4 N–H and O–H groups in total. The zero-order valence-corrected chi connectivity index (χ0v) is 14.8. The Bertz CT molecular complexity index is 468. The molecule has 0 radical (unpaired) electrons. The van der Waals surface area contributed by atoms with Crippen molar-refractivity contribution in [2.75, 3.05) is 12.3 Å². The molecular weight excluding hydrogens is 356 g/mol. The van der Waals surface area contributed by atoms with Gasteiger partial charge in [0.25, 0.3) is 0 Å². The molecule has 1 aliphatic heterocycles. The Balaban J connectivity index is 2.32. The van der Waals surface area contributed by atoms with Crippen molar-refractivity contribution in [3.05, 3.63) is 0 Å². The molecule has 0 spiro atoms. The van der Waals surface area contributed by atoms with Gasteiger partial charge in [0.2, 0.25) is 11.8 Å². The fourth-order valence-electron chi connectivity index (χ4n) is 2.16. The molecule has 0 aromatic rings. The summed E-state index contributed by atoms with van der Waals surface area (Å²) >= 11 is 0. The van der Waals surface area contributed by atoms with Gasteiger partial charge in [0.15, 0.2) is 0 Å². The van der Waals surface area contributed by atoms with Gasteiger partial charge in [0.1, 0.15) is 12.6 Å². The first kappa shape index (κ1) is 20.6. The van der Waals surface area contributed by atoms with Gasteiger partial charge in [0, 0.05) is 17.4 Å². The fourth-order valence-corrected chi connectivity index (χ4v) is 5.19. The molecule has 0 aromatic heterocycles. The van der Waals surface area contributed by atoms with Crippen molar-refractivity contribution < 1.29 is 29.4 Å². The molecule has 2 atom stereocenters. The van der Waals surface area contributed by atoms with Crippen LogP contribution >= 0.6 is 21.6 Å². The number of rotatable bonds is 11. The monoisotopic (exact) mass is 378 g/mol. The lowest BCUT2D eigenvalue weighted by Crippen LogP contribution is -2.48. The van der Waals surface area contributed by atoms with E-state index in [9.17, 15) is 19.2 Å². The van der Waals surface area contributed by atoms with Crippen LogP contribution in [0.2, 0.25) is 0 Å². The molecule has 0 bridgehead atoms. The van der Waals surface area contributed by atoms with Crippen LogP contribution in [0.15, 0.2) is 0 Å². The number of amides is 2. The van der Waals surface area contributed by atoms with E-state index in [4.69, 9.17) is 10.2 Å². The molecule has 24 heavy (non-hydrogen) atoms. The average Bonchev–Trinajstić information content (AvgIpc) is 3.01. The summed E-state index contributed by atoms with van der Waals surface area (Å²) in [6.07, 6.45) is 3.43. The second kappa shape index (κ2) is 11.2. The Morgan fingerprint density at radius 3 is 2.46 bits per heavy atom. The van der Waals surface area contributed by atoms with Gasteiger partial charge in [-0.3, -0.25) is 19.2 Å². The van der Waals surface area contributed by atoms with Crippen LogP contribution in [-0.2, 0) is 19.2 Å². The molecular formula is C14H22N2O6S2. The van der Waals surface area contributed by atoms with Crippen molar-refractivity contribution >= 4 is 45.3 Å². The molecule has 1 rings (SSSR count). The van der Waals surface area contributed by atoms with Crippen molar-refractivity contribution in [2.45, 2.75) is 49.8 Å². The molecule has 1 saturated heterocycles. The van der Waals surface area contributed by atoms with Gasteiger partial charge in [-0.15, -0.1) is 0 Å². The standard InChI is InChI=1S/C14H22N2O6S2/c17-11(4-2-1-3-9-5-6-23-24-9)16-10(7-12(18)19)14(22)15-8-13(20)21/h9-10H,1-8H2,(H,15,22)(H,16,17)(H,18,19)(H,20,21)/t9-,10?/m1/s1. The van der Waals surface area contributed by atoms with Gasteiger partial charge in [0.05, 0.1) is 6.42 Å². The topological polar surface area (TPSA) is 133 Å². The Hall–Kier alpha value is -1.42. The maximum atomic E-state index is 11.9. The van der Waals surface area contributed by atoms with Crippen molar-refractivity contribution in [3.8, 4) is 0 Å². The molecule has 0 saturated carbocycles. The summed E-state index contributed by atoms with van der Waals surface area (Å²) in [5.41, 5.74) is 0. The number of hydrogen-bond acceptors (Lipinski definition) is 6. The van der Waals surface area contributed by atoms with E-state index in [0.717, 1.165) is 18.6 Å². The van der Waals surface area contributed by atoms with Gasteiger partial charge in [-0.05, 0) is 19.3 Å². The normalized spacial score (nSPS) is 17.9. The minimum atomic E-state index is -1.27. The van der Waals surface area contributed by atoms with Crippen molar-refractivity contribution in [1.82, 2.24) is 10.6 Å². The van der Waals surface area contributed by atoms with Crippen LogP contribution in [0.4, 0.5) is 0 Å². The molecule has 1 unspecified atom stereocenters. The number of aliphatic carboxylic acids is 2. The molecule has 136 valence electrons. The van der Waals surface area contributed by atoms with E-state index in [1.165, 1.54) is 6.42 Å². The maximum Gasteiger partial charge on any atom is 0.322 e. The molecule has 1 aliphatic rings. The molecule has 1 fully saturated rings. The number of carbonyl (C=O) groups excluding carboxylic acids is 2. The smallest absolute Gasteiger partial charge is 0.322 e. The fraction of sp³-hybridized carbons (Fsp3) is 0.714. The van der Waals surface area contributed by atoms with Gasteiger partial charge in [-0.1, -0.05) is 28.0 Å². The van der Waals surface area contributed by atoms with Gasteiger partial charge < -0.3 is 20.8 Å². The van der Waals surface area contributed by atoms with Crippen molar-refractivity contribution in [1.29, 1.82) is 0 Å². The van der Waals surface area contributed by atoms with Crippen LogP contribution in [-0.4, -0.2) is 57.6 Å². The van der Waals surface area contributed by atoms with Crippen LogP contribution in [0.5, 0.6) is 0 Å². The first-order valence-electron chi connectivity index (χ1n) is 7.67. The van der Waals surface area contributed by atoms with E-state index < -0.39 is 42.8 Å². The van der Waals surface area contributed by atoms with Crippen LogP contribution < -0.4 is 10.6 Å². The number of nitrogens with one attached hydrogen (secondary N) is 2. The van der Waals surface area contributed by atoms with Crippen molar-refractivity contribution in [2.24, 2.45) is 0 Å². The highest BCUT2D eigenvalue weighted by molar-refractivity contribution is 8.77. The SMILES string of the molecule is O=C(O)CNC(=O)C(CC(=O)O)NC(=O)CCCC[C@@H]1CCSS1. The van der Waals surface area contributed by atoms with E-state index >= 15 is 0 Å². The Morgan fingerprint density at radius 1 is 1.12 bits per heavy atom. The lowest BCUT2D eigenvalue weighted by molar-refractivity contribution is -0.141. The Labute approximate surface area is 147 Å². The molecule has 0 aromatic carbocycles. The summed E-state index contributed by atoms with van der Waals surface area (Å²) in [6, 6.07) is -1.27. The van der Waals surface area contributed by atoms with Crippen LogP contribution in [0.25, 0.3) is 0 Å². The highest BCUT2D eigenvalue weighted by Gasteiger charge is 2.24. The third kappa shape index (κ3) is 9.02. The molecule has 2 amide bonds. The van der Waals surface area contributed by atoms with Gasteiger partial charge >= 0.3 is 11.9 Å². The molecule has 8 nitrogen and oxygen atoms in total. The Kier molecular flexibility index (Phi) is 9.62. The van der Waals surface area contributed by atoms with Crippen LogP contribution in [0, 0.1) is 0 Å². The number of carboxylic acids is 2. The summed E-state index contributed by atoms with van der Waals surface area (Å²) in [6.45, 7) is -0.623. The Morgan fingerprint density at radius 2 is 1.88 bits per heavy atom. The largest absolute Gasteiger partial charge is 0.481 e. The number of carbonyl (C=O) groups is 4. The predicted molar refractivity (Wildman–Crippen MR) is 91.8 cm³/mol. The second-order valence-electron chi connectivity index (χ2n) is 5.40. The van der Waals surface area contributed by atoms with E-state index in [1.54, 1.807) is 0 Å². The summed E-state index contributed by atoms with van der Waals surface area (Å²) < 4.78 is 0. The number of hydrogen-bond donors (Lipinski definition) is 4. The molecule has 0 aliphatic carbocycles. The first-order valence-corrected chi connectivity index (χ1v) is 10.1. The molecule has 1 heterocycles. The highest BCUT2D eigenvalue weighted by atomic mass is 33.1. The lowest BCUT2D eigenvalue weighted by Gasteiger charge is -2.16. The zero-order chi connectivity index (χ0) is 17.9. The van der Waals surface area contributed by atoms with Crippen molar-refractivity contribution in [3.63, 3.8) is 0 Å². The zero-order valence-electron chi connectivity index (χ0n) is 13.2. The van der Waals surface area contributed by atoms with Gasteiger partial charge in [-0.25, -0.2) is 0 Å². The summed E-state index contributed by atoms with van der Waals surface area (Å²) in [7, 11) is 3.75. The summed E-state index contributed by atoms with van der Waals surface area (Å²) in [4.78, 5) is 44.9. The van der Waals surface area contributed by atoms with Crippen LogP contribution in [0.1, 0.15) is 38.5 Å². The van der Waals surface area contributed by atoms with Crippen LogP contribution in [0.3, 0.4) is 0 Å². The average molecular weight is 378 g/mol. The quantitative estimate of drug-likeness (QED) is 0.307. The predicted octanol–water partition coefficient (Wildman–Crippen LogP) is 0.861. The number of carboxylic acid groups (broad SMARTS) is 2. The molecule has 10 heteroatoms. The third-order valence-electron chi connectivity index (χ3n) is 3.35. The minimum absolute atomic E-state index is 0.215. The van der Waals surface area contributed by atoms with E-state index in [0.29, 0.717) is 11.7 Å². The highest BCUT2D eigenvalue weighted by Crippen LogP contribution is 2.39. The summed E-state index contributed by atoms with van der Waals surface area (Å²) in [5, 5.41) is 22.4. The summed E-state index contributed by atoms with van der Waals surface area (Å²) in [5.74, 6) is -2.54. The van der Waals surface area contributed by atoms with E-state index in [1.807, 2.05) is 21.6 Å². The maximum absolute atomic E-state index is 11.9. The van der Waals surface area contributed by atoms with Gasteiger partial charge in [-0.2, -0.15) is 0 Å². The number of unbranched alkanes of at least 4 members (excludes halogenated alkanes) is 1. The minimum Gasteiger partial charge on any atom is -0.481 e. The van der Waals surface area contributed by atoms with E-state index in [2.05, 4.69) is 10.6 Å². The van der Waals surface area contributed by atoms with E-state index in [-0.39, 0.29) is 6.42 Å². The second-order valence-corrected chi connectivity index (χ2v) is 8.19. The third-order valence-corrected chi connectivity index (χ3v) is 6.36.